The molecule has 4 nitrogen and oxygen atoms in total. The standard InChI is InChI=1S/C15H20N2O2/c1-11(2)8-14(15(18)19-3)17-10-13-7-5-4-6-12(13)9-16/h4-7,11,14,17H,8,10H2,1-3H3. The molecule has 0 saturated carbocycles. The van der Waals surface area contributed by atoms with E-state index in [9.17, 15) is 4.79 Å². The summed E-state index contributed by atoms with van der Waals surface area (Å²) in [7, 11) is 1.39. The van der Waals surface area contributed by atoms with Gasteiger partial charge in [0.15, 0.2) is 0 Å². The number of benzene rings is 1. The van der Waals surface area contributed by atoms with Gasteiger partial charge in [-0.3, -0.25) is 4.79 Å². The van der Waals surface area contributed by atoms with Crippen molar-refractivity contribution >= 4 is 5.97 Å². The lowest BCUT2D eigenvalue weighted by molar-refractivity contribution is -0.143. The van der Waals surface area contributed by atoms with Crippen LogP contribution in [0.15, 0.2) is 24.3 Å². The topological polar surface area (TPSA) is 62.1 Å². The number of methoxy groups -OCH3 is 1. The van der Waals surface area contributed by atoms with Crippen LogP contribution in [0.4, 0.5) is 0 Å². The number of hydrogen-bond donors (Lipinski definition) is 1. The summed E-state index contributed by atoms with van der Waals surface area (Å²) in [5, 5.41) is 12.2. The number of nitrogens with zero attached hydrogens (tertiary/aromatic N) is 1. The van der Waals surface area contributed by atoms with Gasteiger partial charge < -0.3 is 10.1 Å². The lowest BCUT2D eigenvalue weighted by atomic mass is 10.0. The molecule has 102 valence electrons. The van der Waals surface area contributed by atoms with Gasteiger partial charge in [0.05, 0.1) is 18.7 Å². The zero-order valence-corrected chi connectivity index (χ0v) is 11.6. The van der Waals surface area contributed by atoms with Crippen LogP contribution in [0.5, 0.6) is 0 Å². The second kappa shape index (κ2) is 7.55. The largest absolute Gasteiger partial charge is 0.468 e. The highest BCUT2D eigenvalue weighted by molar-refractivity contribution is 5.75. The number of nitrogens with one attached hydrogen (secondary N) is 1. The first-order valence-electron chi connectivity index (χ1n) is 6.37. The Morgan fingerprint density at radius 2 is 2.11 bits per heavy atom. The molecule has 1 aromatic carbocycles. The van der Waals surface area contributed by atoms with Crippen LogP contribution in [0, 0.1) is 17.2 Å². The van der Waals surface area contributed by atoms with Crippen LogP contribution in [0.1, 0.15) is 31.4 Å². The van der Waals surface area contributed by atoms with Crippen LogP contribution < -0.4 is 5.32 Å². The maximum absolute atomic E-state index is 11.7. The van der Waals surface area contributed by atoms with Crippen LogP contribution in [0.25, 0.3) is 0 Å². The zero-order chi connectivity index (χ0) is 14.3. The summed E-state index contributed by atoms with van der Waals surface area (Å²) in [5.41, 5.74) is 1.52. The number of carbonyl (C=O) groups is 1. The SMILES string of the molecule is COC(=O)C(CC(C)C)NCc1ccccc1C#N. The van der Waals surface area contributed by atoms with Crippen molar-refractivity contribution in [2.75, 3.05) is 7.11 Å². The van der Waals surface area contributed by atoms with E-state index in [-0.39, 0.29) is 12.0 Å². The number of carbonyl (C=O) groups excluding carboxylic acids is 1. The van der Waals surface area contributed by atoms with E-state index in [1.54, 1.807) is 6.07 Å². The highest BCUT2D eigenvalue weighted by atomic mass is 16.5. The predicted molar refractivity (Wildman–Crippen MR) is 73.3 cm³/mol. The van der Waals surface area contributed by atoms with Gasteiger partial charge in [0.1, 0.15) is 6.04 Å². The van der Waals surface area contributed by atoms with Crippen LogP contribution in [0.2, 0.25) is 0 Å². The Labute approximate surface area is 114 Å². The fourth-order valence-corrected chi connectivity index (χ4v) is 1.89. The highest BCUT2D eigenvalue weighted by Gasteiger charge is 2.20. The minimum Gasteiger partial charge on any atom is -0.468 e. The first kappa shape index (κ1) is 15.2. The third-order valence-corrected chi connectivity index (χ3v) is 2.87. The van der Waals surface area contributed by atoms with Gasteiger partial charge in [0.25, 0.3) is 0 Å². The minimum atomic E-state index is -0.336. The molecule has 0 bridgehead atoms. The molecule has 0 spiro atoms. The summed E-state index contributed by atoms with van der Waals surface area (Å²) >= 11 is 0. The van der Waals surface area contributed by atoms with Crippen molar-refractivity contribution in [1.29, 1.82) is 5.26 Å². The van der Waals surface area contributed by atoms with Crippen LogP contribution in [-0.2, 0) is 16.1 Å². The van der Waals surface area contributed by atoms with E-state index in [0.29, 0.717) is 24.4 Å². The summed E-state index contributed by atoms with van der Waals surface area (Å²) < 4.78 is 4.79. The van der Waals surface area contributed by atoms with E-state index in [4.69, 9.17) is 10.00 Å². The van der Waals surface area contributed by atoms with E-state index in [1.807, 2.05) is 18.2 Å². The molecular weight excluding hydrogens is 240 g/mol. The normalized spacial score (nSPS) is 11.9. The molecule has 4 heteroatoms. The minimum absolute atomic E-state index is 0.261. The van der Waals surface area contributed by atoms with Crippen molar-refractivity contribution in [1.82, 2.24) is 5.32 Å². The molecule has 0 radical (unpaired) electrons. The maximum Gasteiger partial charge on any atom is 0.322 e. The second-order valence-electron chi connectivity index (χ2n) is 4.86. The highest BCUT2D eigenvalue weighted by Crippen LogP contribution is 2.10. The van der Waals surface area contributed by atoms with Gasteiger partial charge in [-0.05, 0) is 24.0 Å². The Morgan fingerprint density at radius 1 is 1.42 bits per heavy atom. The van der Waals surface area contributed by atoms with Gasteiger partial charge in [-0.25, -0.2) is 0 Å². The smallest absolute Gasteiger partial charge is 0.322 e. The summed E-state index contributed by atoms with van der Waals surface area (Å²) in [6, 6.07) is 9.18. The second-order valence-corrected chi connectivity index (χ2v) is 4.86. The van der Waals surface area contributed by atoms with Gasteiger partial charge in [0.2, 0.25) is 0 Å². The van der Waals surface area contributed by atoms with Crippen molar-refractivity contribution in [2.24, 2.45) is 5.92 Å². The van der Waals surface area contributed by atoms with E-state index < -0.39 is 0 Å². The molecule has 19 heavy (non-hydrogen) atoms. The monoisotopic (exact) mass is 260 g/mol. The molecule has 1 rings (SSSR count). The third-order valence-electron chi connectivity index (χ3n) is 2.87. The molecule has 0 aliphatic carbocycles. The Hall–Kier alpha value is -1.86. The van der Waals surface area contributed by atoms with E-state index in [2.05, 4.69) is 25.2 Å². The molecule has 1 unspecified atom stereocenters. The number of hydrogen-bond acceptors (Lipinski definition) is 4. The van der Waals surface area contributed by atoms with Crippen LogP contribution in [0.3, 0.4) is 0 Å². The van der Waals surface area contributed by atoms with Gasteiger partial charge >= 0.3 is 5.97 Å². The average molecular weight is 260 g/mol. The molecule has 0 aliphatic heterocycles. The van der Waals surface area contributed by atoms with Gasteiger partial charge in [0, 0.05) is 6.54 Å². The molecule has 1 atom stereocenters. The van der Waals surface area contributed by atoms with Crippen molar-refractivity contribution in [3.63, 3.8) is 0 Å². The summed E-state index contributed by atoms with van der Waals surface area (Å²) in [5.74, 6) is 0.131. The van der Waals surface area contributed by atoms with Crippen LogP contribution in [-0.4, -0.2) is 19.1 Å². The molecule has 1 N–H and O–H groups in total. The molecule has 0 amide bonds. The number of ether oxygens (including phenoxy) is 1. The Bertz CT molecular complexity index is 463. The lowest BCUT2D eigenvalue weighted by Crippen LogP contribution is -2.38. The molecular formula is C15H20N2O2. The number of rotatable bonds is 6. The molecule has 0 aromatic heterocycles. The summed E-state index contributed by atoms with van der Waals surface area (Å²) in [6.45, 7) is 4.60. The lowest BCUT2D eigenvalue weighted by Gasteiger charge is -2.18. The fourth-order valence-electron chi connectivity index (χ4n) is 1.89. The van der Waals surface area contributed by atoms with Crippen LogP contribution >= 0.6 is 0 Å². The number of nitriles is 1. The van der Waals surface area contributed by atoms with Crippen molar-refractivity contribution in [3.8, 4) is 6.07 Å². The van der Waals surface area contributed by atoms with Gasteiger partial charge in [-0.1, -0.05) is 32.0 Å². The van der Waals surface area contributed by atoms with Crippen molar-refractivity contribution < 1.29 is 9.53 Å². The Balaban J connectivity index is 2.70. The summed E-state index contributed by atoms with van der Waals surface area (Å²) in [6.07, 6.45) is 0.710. The molecule has 0 fully saturated rings. The Kier molecular flexibility index (Phi) is 6.04. The van der Waals surface area contributed by atoms with E-state index >= 15 is 0 Å². The predicted octanol–water partition coefficient (Wildman–Crippen LogP) is 2.24. The first-order chi connectivity index (χ1) is 9.08. The molecule has 0 aliphatic rings. The van der Waals surface area contributed by atoms with Crippen molar-refractivity contribution in [3.05, 3.63) is 35.4 Å². The quantitative estimate of drug-likeness (QED) is 0.797. The number of esters is 1. The van der Waals surface area contributed by atoms with Crippen molar-refractivity contribution in [2.45, 2.75) is 32.9 Å². The molecule has 0 saturated heterocycles. The molecule has 1 aromatic rings. The fraction of sp³-hybridized carbons (Fsp3) is 0.467. The van der Waals surface area contributed by atoms with E-state index in [0.717, 1.165) is 5.56 Å². The zero-order valence-electron chi connectivity index (χ0n) is 11.6. The average Bonchev–Trinajstić information content (AvgIpc) is 2.42. The third kappa shape index (κ3) is 4.72. The molecule has 0 heterocycles. The maximum atomic E-state index is 11.7. The van der Waals surface area contributed by atoms with E-state index in [1.165, 1.54) is 7.11 Å². The summed E-state index contributed by atoms with van der Waals surface area (Å²) in [4.78, 5) is 11.7. The Morgan fingerprint density at radius 3 is 2.68 bits per heavy atom. The van der Waals surface area contributed by atoms with Gasteiger partial charge in [-0.2, -0.15) is 5.26 Å². The van der Waals surface area contributed by atoms with Gasteiger partial charge in [-0.15, -0.1) is 0 Å². The first-order valence-corrected chi connectivity index (χ1v) is 6.37.